The Morgan fingerprint density at radius 1 is 1.10 bits per heavy atom. The van der Waals surface area contributed by atoms with E-state index in [9.17, 15) is 10.1 Å². The van der Waals surface area contributed by atoms with Crippen molar-refractivity contribution in [3.63, 3.8) is 0 Å². The Morgan fingerprint density at radius 3 is 2.67 bits per heavy atom. The Bertz CT molecular complexity index is 1580. The van der Waals surface area contributed by atoms with Gasteiger partial charge in [0, 0.05) is 42.2 Å². The van der Waals surface area contributed by atoms with Gasteiger partial charge in [0.25, 0.3) is 5.91 Å². The predicted molar refractivity (Wildman–Crippen MR) is 152 cm³/mol. The van der Waals surface area contributed by atoms with E-state index in [1.54, 1.807) is 36.4 Å². The third kappa shape index (κ3) is 5.87. The number of rotatable bonds is 6. The zero-order valence-electron chi connectivity index (χ0n) is 21.7. The van der Waals surface area contributed by atoms with Gasteiger partial charge in [0.15, 0.2) is 0 Å². The van der Waals surface area contributed by atoms with Gasteiger partial charge >= 0.3 is 0 Å². The molecule has 0 aliphatic carbocycles. The Hall–Kier alpha value is -4.39. The standard InChI is InChI=1S/C29H28ClN7O2/c1-18(19-4-3-5-23(15-19)39-26-9-7-22(30)14-21(26)17-31)33-28(38)20-6-8-24-25(16-20)34-29(32)35-27(24)37-12-10-36(2)11-13-37/h3-9,14-16,18H,10-13H2,1-2H3,(H,33,38)(H2,32,34,35). The van der Waals surface area contributed by atoms with Crippen LogP contribution in [-0.2, 0) is 0 Å². The number of halogens is 1. The molecule has 1 unspecified atom stereocenters. The number of amides is 1. The van der Waals surface area contributed by atoms with E-state index in [0.717, 1.165) is 42.9 Å². The molecule has 9 nitrogen and oxygen atoms in total. The molecule has 1 amide bonds. The lowest BCUT2D eigenvalue weighted by Gasteiger charge is -2.33. The molecule has 1 fully saturated rings. The monoisotopic (exact) mass is 541 g/mol. The maximum absolute atomic E-state index is 13.2. The summed E-state index contributed by atoms with van der Waals surface area (Å²) in [5, 5.41) is 13.8. The molecule has 1 saturated heterocycles. The van der Waals surface area contributed by atoms with Gasteiger partial charge in [0.2, 0.25) is 5.95 Å². The number of nitrogens with one attached hydrogen (secondary N) is 1. The van der Waals surface area contributed by atoms with Crippen LogP contribution in [0.25, 0.3) is 10.9 Å². The molecule has 1 aromatic heterocycles. The summed E-state index contributed by atoms with van der Waals surface area (Å²) in [6.45, 7) is 5.47. The van der Waals surface area contributed by atoms with E-state index in [0.29, 0.717) is 33.2 Å². The minimum atomic E-state index is -0.311. The number of nitrogen functional groups attached to an aromatic ring is 1. The molecule has 0 bridgehead atoms. The van der Waals surface area contributed by atoms with Crippen LogP contribution in [0.4, 0.5) is 11.8 Å². The summed E-state index contributed by atoms with van der Waals surface area (Å²) in [6.07, 6.45) is 0. The lowest BCUT2D eigenvalue weighted by molar-refractivity contribution is 0.0940. The smallest absolute Gasteiger partial charge is 0.251 e. The Balaban J connectivity index is 1.33. The lowest BCUT2D eigenvalue weighted by Crippen LogP contribution is -2.45. The second-order valence-electron chi connectivity index (χ2n) is 9.55. The molecule has 3 aromatic carbocycles. The Kier molecular flexibility index (Phi) is 7.50. The summed E-state index contributed by atoms with van der Waals surface area (Å²) in [7, 11) is 2.10. The second-order valence-corrected chi connectivity index (χ2v) is 9.99. The first-order chi connectivity index (χ1) is 18.8. The van der Waals surface area contributed by atoms with Crippen LogP contribution < -0.4 is 20.7 Å². The molecule has 0 saturated carbocycles. The van der Waals surface area contributed by atoms with Crippen LogP contribution in [0.1, 0.15) is 34.5 Å². The number of nitrogens with two attached hydrogens (primary N) is 1. The Morgan fingerprint density at radius 2 is 1.90 bits per heavy atom. The fourth-order valence-electron chi connectivity index (χ4n) is 4.55. The van der Waals surface area contributed by atoms with Gasteiger partial charge < -0.3 is 25.6 Å². The van der Waals surface area contributed by atoms with Gasteiger partial charge in [-0.05, 0) is 68.1 Å². The van der Waals surface area contributed by atoms with Crippen LogP contribution >= 0.6 is 11.6 Å². The Labute approximate surface area is 231 Å². The van der Waals surface area contributed by atoms with Crippen LogP contribution in [-0.4, -0.2) is 54.0 Å². The molecule has 1 aliphatic heterocycles. The number of hydrogen-bond acceptors (Lipinski definition) is 8. The molecule has 1 atom stereocenters. The third-order valence-electron chi connectivity index (χ3n) is 6.75. The van der Waals surface area contributed by atoms with Crippen molar-refractivity contribution in [2.45, 2.75) is 13.0 Å². The maximum atomic E-state index is 13.2. The van der Waals surface area contributed by atoms with E-state index in [1.807, 2.05) is 31.2 Å². The number of hydrogen-bond donors (Lipinski definition) is 2. The van der Waals surface area contributed by atoms with E-state index in [4.69, 9.17) is 22.1 Å². The number of anilines is 2. The molecule has 198 valence electrons. The number of benzene rings is 3. The molecule has 4 aromatic rings. The highest BCUT2D eigenvalue weighted by Gasteiger charge is 2.20. The molecule has 3 N–H and O–H groups in total. The lowest BCUT2D eigenvalue weighted by atomic mass is 10.1. The van der Waals surface area contributed by atoms with Crippen molar-refractivity contribution in [2.24, 2.45) is 0 Å². The highest BCUT2D eigenvalue weighted by molar-refractivity contribution is 6.30. The maximum Gasteiger partial charge on any atom is 0.251 e. The summed E-state index contributed by atoms with van der Waals surface area (Å²) in [5.74, 6) is 1.69. The quantitative estimate of drug-likeness (QED) is 0.358. The van der Waals surface area contributed by atoms with Gasteiger partial charge in [0.05, 0.1) is 17.1 Å². The number of ether oxygens (including phenoxy) is 1. The highest BCUT2D eigenvalue weighted by atomic mass is 35.5. The fraction of sp³-hybridized carbons (Fsp3) is 0.241. The molecule has 0 radical (unpaired) electrons. The molecule has 2 heterocycles. The van der Waals surface area contributed by atoms with Crippen molar-refractivity contribution in [3.05, 3.63) is 82.4 Å². The van der Waals surface area contributed by atoms with Crippen LogP contribution in [0.5, 0.6) is 11.5 Å². The minimum Gasteiger partial charge on any atom is -0.456 e. The molecule has 0 spiro atoms. The number of fused-ring (bicyclic) bond motifs is 1. The van der Waals surface area contributed by atoms with Crippen LogP contribution in [0, 0.1) is 11.3 Å². The van der Waals surface area contributed by atoms with Gasteiger partial charge in [0.1, 0.15) is 23.4 Å². The van der Waals surface area contributed by atoms with Crippen molar-refractivity contribution in [1.29, 1.82) is 5.26 Å². The van der Waals surface area contributed by atoms with Crippen LogP contribution in [0.2, 0.25) is 5.02 Å². The van der Waals surface area contributed by atoms with Crippen molar-refractivity contribution < 1.29 is 9.53 Å². The zero-order valence-corrected chi connectivity index (χ0v) is 22.4. The molecular formula is C29H28ClN7O2. The zero-order chi connectivity index (χ0) is 27.5. The second kappa shape index (κ2) is 11.2. The minimum absolute atomic E-state index is 0.180. The molecule has 5 rings (SSSR count). The topological polar surface area (TPSA) is 120 Å². The number of aromatic nitrogens is 2. The van der Waals surface area contributed by atoms with Crippen molar-refractivity contribution >= 4 is 40.2 Å². The normalized spacial score (nSPS) is 14.6. The summed E-state index contributed by atoms with van der Waals surface area (Å²) in [6, 6.07) is 19.4. The van der Waals surface area contributed by atoms with Gasteiger partial charge in [-0.3, -0.25) is 4.79 Å². The van der Waals surface area contributed by atoms with E-state index < -0.39 is 0 Å². The first kappa shape index (κ1) is 26.2. The molecule has 1 aliphatic rings. The molecule has 10 heteroatoms. The summed E-state index contributed by atoms with van der Waals surface area (Å²) in [4.78, 5) is 26.6. The first-order valence-electron chi connectivity index (χ1n) is 12.6. The van der Waals surface area contributed by atoms with Gasteiger partial charge in [-0.15, -0.1) is 0 Å². The first-order valence-corrected chi connectivity index (χ1v) is 13.0. The van der Waals surface area contributed by atoms with Gasteiger partial charge in [-0.1, -0.05) is 23.7 Å². The summed E-state index contributed by atoms with van der Waals surface area (Å²) < 4.78 is 5.94. The predicted octanol–water partition coefficient (Wildman–Crippen LogP) is 4.77. The molecule has 39 heavy (non-hydrogen) atoms. The summed E-state index contributed by atoms with van der Waals surface area (Å²) >= 11 is 5.99. The highest BCUT2D eigenvalue weighted by Crippen LogP contribution is 2.30. The van der Waals surface area contributed by atoms with Crippen LogP contribution in [0.3, 0.4) is 0 Å². The average molecular weight is 542 g/mol. The fourth-order valence-corrected chi connectivity index (χ4v) is 4.72. The van der Waals surface area contributed by atoms with E-state index in [-0.39, 0.29) is 17.9 Å². The SMILES string of the molecule is CC(NC(=O)c1ccc2c(N3CCN(C)CC3)nc(N)nc2c1)c1cccc(Oc2ccc(Cl)cc2C#N)c1. The van der Waals surface area contributed by atoms with Gasteiger partial charge in [-0.25, -0.2) is 4.98 Å². The summed E-state index contributed by atoms with van der Waals surface area (Å²) in [5.41, 5.74) is 8.33. The average Bonchev–Trinajstić information content (AvgIpc) is 2.93. The largest absolute Gasteiger partial charge is 0.456 e. The number of nitriles is 1. The van der Waals surface area contributed by atoms with Crippen LogP contribution in [0.15, 0.2) is 60.7 Å². The van der Waals surface area contributed by atoms with Crippen molar-refractivity contribution in [3.8, 4) is 17.6 Å². The van der Waals surface area contributed by atoms with Gasteiger partial charge in [-0.2, -0.15) is 10.2 Å². The van der Waals surface area contributed by atoms with E-state index >= 15 is 0 Å². The van der Waals surface area contributed by atoms with E-state index in [1.165, 1.54) is 0 Å². The van der Waals surface area contributed by atoms with E-state index in [2.05, 4.69) is 38.2 Å². The number of likely N-dealkylation sites (N-methyl/N-ethyl adjacent to an activating group) is 1. The number of carbonyl (C=O) groups excluding carboxylic acids is 1. The number of piperazine rings is 1. The van der Waals surface area contributed by atoms with Crippen molar-refractivity contribution in [2.75, 3.05) is 43.9 Å². The van der Waals surface area contributed by atoms with Crippen molar-refractivity contribution in [1.82, 2.24) is 20.2 Å². The molecular weight excluding hydrogens is 514 g/mol. The number of nitrogens with zero attached hydrogens (tertiary/aromatic N) is 5. The number of carbonyl (C=O) groups is 1. The third-order valence-corrected chi connectivity index (χ3v) is 6.99.